The van der Waals surface area contributed by atoms with Crippen LogP contribution in [0.2, 0.25) is 5.02 Å². The summed E-state index contributed by atoms with van der Waals surface area (Å²) >= 11 is 5.78. The number of anilines is 1. The van der Waals surface area contributed by atoms with Crippen molar-refractivity contribution in [1.82, 2.24) is 9.55 Å². The number of aliphatic hydroxyl groups excluding tert-OH is 1. The van der Waals surface area contributed by atoms with E-state index in [1.54, 1.807) is 42.8 Å². The maximum absolute atomic E-state index is 11.0. The Balaban J connectivity index is 2.12. The molecular weight excluding hydrogens is 296 g/mol. The Bertz CT molecular complexity index is 654. The molecule has 0 saturated carbocycles. The van der Waals surface area contributed by atoms with Gasteiger partial charge in [0.1, 0.15) is 0 Å². The van der Waals surface area contributed by atoms with Crippen LogP contribution >= 0.6 is 11.6 Å². The van der Waals surface area contributed by atoms with Crippen LogP contribution in [0.15, 0.2) is 24.3 Å². The molecule has 1 aromatic heterocycles. The number of halogens is 1. The molecule has 1 atom stereocenters. The van der Waals surface area contributed by atoms with E-state index in [9.17, 15) is 15.2 Å². The summed E-state index contributed by atoms with van der Waals surface area (Å²) in [6, 6.07) is 6.77. The van der Waals surface area contributed by atoms with Crippen LogP contribution in [0.1, 0.15) is 17.5 Å². The molecule has 8 heteroatoms. The first-order valence-corrected chi connectivity index (χ1v) is 6.63. The molecule has 0 saturated heterocycles. The second kappa shape index (κ2) is 6.11. The van der Waals surface area contributed by atoms with Crippen molar-refractivity contribution in [3.05, 3.63) is 50.8 Å². The highest BCUT2D eigenvalue weighted by atomic mass is 35.5. The number of aromatic nitrogens is 2. The molecule has 0 bridgehead atoms. The van der Waals surface area contributed by atoms with Crippen LogP contribution in [0.5, 0.6) is 0 Å². The lowest BCUT2D eigenvalue weighted by atomic mass is 10.1. The maximum Gasteiger partial charge on any atom is 0.406 e. The molecule has 0 radical (unpaired) electrons. The molecule has 0 amide bonds. The maximum atomic E-state index is 11.0. The van der Waals surface area contributed by atoms with Crippen LogP contribution in [0.25, 0.3) is 0 Å². The predicted octanol–water partition coefficient (Wildman–Crippen LogP) is 2.44. The van der Waals surface area contributed by atoms with Crippen LogP contribution in [-0.4, -0.2) is 26.1 Å². The van der Waals surface area contributed by atoms with Gasteiger partial charge in [0.25, 0.3) is 0 Å². The van der Waals surface area contributed by atoms with E-state index in [-0.39, 0.29) is 18.2 Å². The number of hydrogen-bond donors (Lipinski definition) is 2. The van der Waals surface area contributed by atoms with Crippen molar-refractivity contribution >= 4 is 23.2 Å². The molecule has 0 spiro atoms. The zero-order chi connectivity index (χ0) is 15.6. The third kappa shape index (κ3) is 3.32. The van der Waals surface area contributed by atoms with Gasteiger partial charge in [-0.1, -0.05) is 23.7 Å². The third-order valence-corrected chi connectivity index (χ3v) is 3.44. The van der Waals surface area contributed by atoms with Crippen molar-refractivity contribution in [3.8, 4) is 0 Å². The summed E-state index contributed by atoms with van der Waals surface area (Å²) in [7, 11) is 1.67. The third-order valence-electron chi connectivity index (χ3n) is 3.19. The Hall–Kier alpha value is -2.12. The van der Waals surface area contributed by atoms with Crippen LogP contribution < -0.4 is 5.32 Å². The molecule has 0 unspecified atom stereocenters. The second-order valence-electron chi connectivity index (χ2n) is 4.60. The smallest absolute Gasteiger partial charge is 0.387 e. The molecule has 1 heterocycles. The average molecular weight is 311 g/mol. The molecule has 112 valence electrons. The fourth-order valence-corrected chi connectivity index (χ4v) is 2.04. The van der Waals surface area contributed by atoms with Gasteiger partial charge in [0.15, 0.2) is 0 Å². The number of aliphatic hydroxyl groups is 1. The van der Waals surface area contributed by atoms with Gasteiger partial charge in [-0.05, 0) is 27.6 Å². The summed E-state index contributed by atoms with van der Waals surface area (Å²) in [5.74, 6) is 0.536. The quantitative estimate of drug-likeness (QED) is 0.653. The predicted molar refractivity (Wildman–Crippen MR) is 79.5 cm³/mol. The Morgan fingerprint density at radius 1 is 1.48 bits per heavy atom. The van der Waals surface area contributed by atoms with Crippen LogP contribution in [0.3, 0.4) is 0 Å². The lowest BCUT2D eigenvalue weighted by Crippen LogP contribution is -2.15. The molecule has 1 aromatic carbocycles. The van der Waals surface area contributed by atoms with E-state index >= 15 is 0 Å². The number of rotatable bonds is 5. The molecule has 7 nitrogen and oxygen atoms in total. The van der Waals surface area contributed by atoms with Gasteiger partial charge in [-0.3, -0.25) is 4.57 Å². The van der Waals surface area contributed by atoms with E-state index in [0.717, 1.165) is 0 Å². The topological polar surface area (TPSA) is 93.2 Å². The monoisotopic (exact) mass is 310 g/mol. The molecule has 2 rings (SSSR count). The summed E-state index contributed by atoms with van der Waals surface area (Å²) in [5, 5.41) is 24.5. The van der Waals surface area contributed by atoms with E-state index in [0.29, 0.717) is 16.4 Å². The van der Waals surface area contributed by atoms with E-state index in [4.69, 9.17) is 11.6 Å². The number of hydrogen-bond acceptors (Lipinski definition) is 5. The Kier molecular flexibility index (Phi) is 4.44. The number of nitro groups is 1. The molecule has 21 heavy (non-hydrogen) atoms. The van der Waals surface area contributed by atoms with Crippen molar-refractivity contribution in [2.24, 2.45) is 7.05 Å². The van der Waals surface area contributed by atoms with Gasteiger partial charge in [-0.15, -0.1) is 0 Å². The standard InChI is InChI=1S/C13H15ClN4O3/c1-8-16-13(18(20)21)12(17(8)2)15-7-11(19)9-3-5-10(14)6-4-9/h3-6,11,15,19H,7H2,1-2H3/t11-/m1/s1. The second-order valence-corrected chi connectivity index (χ2v) is 5.03. The lowest BCUT2D eigenvalue weighted by Gasteiger charge is -2.13. The summed E-state index contributed by atoms with van der Waals surface area (Å²) in [4.78, 5) is 14.3. The number of imidazole rings is 1. The average Bonchev–Trinajstić information content (AvgIpc) is 2.73. The van der Waals surface area contributed by atoms with Gasteiger partial charge in [-0.25, -0.2) is 0 Å². The lowest BCUT2D eigenvalue weighted by molar-refractivity contribution is -0.388. The minimum atomic E-state index is -0.808. The number of nitrogens with zero attached hydrogens (tertiary/aromatic N) is 3. The Morgan fingerprint density at radius 3 is 2.67 bits per heavy atom. The molecule has 0 aliphatic carbocycles. The first kappa shape index (κ1) is 15.3. The van der Waals surface area contributed by atoms with Gasteiger partial charge >= 0.3 is 5.82 Å². The summed E-state index contributed by atoms with van der Waals surface area (Å²) in [5.41, 5.74) is 0.674. The molecule has 2 aromatic rings. The molecule has 0 aliphatic rings. The highest BCUT2D eigenvalue weighted by Gasteiger charge is 2.23. The largest absolute Gasteiger partial charge is 0.406 e. The van der Waals surface area contributed by atoms with Gasteiger partial charge < -0.3 is 20.5 Å². The molecule has 0 fully saturated rings. The first-order valence-electron chi connectivity index (χ1n) is 6.25. The van der Waals surface area contributed by atoms with Gasteiger partial charge in [0, 0.05) is 25.5 Å². The fraction of sp³-hybridized carbons (Fsp3) is 0.308. The fourth-order valence-electron chi connectivity index (χ4n) is 1.91. The molecule has 0 aliphatic heterocycles. The number of aryl methyl sites for hydroxylation is 1. The zero-order valence-electron chi connectivity index (χ0n) is 11.6. The van der Waals surface area contributed by atoms with Crippen molar-refractivity contribution in [1.29, 1.82) is 0 Å². The Morgan fingerprint density at radius 2 is 2.10 bits per heavy atom. The van der Waals surface area contributed by atoms with E-state index in [1.807, 2.05) is 0 Å². The zero-order valence-corrected chi connectivity index (χ0v) is 12.3. The summed E-state index contributed by atoms with van der Waals surface area (Å²) in [6.07, 6.45) is -0.808. The number of benzene rings is 1. The van der Waals surface area contributed by atoms with Crippen molar-refractivity contribution in [3.63, 3.8) is 0 Å². The van der Waals surface area contributed by atoms with Gasteiger partial charge in [0.05, 0.1) is 6.10 Å². The van der Waals surface area contributed by atoms with Crippen molar-refractivity contribution in [2.75, 3.05) is 11.9 Å². The SMILES string of the molecule is Cc1nc([N+](=O)[O-])c(NC[C@@H](O)c2ccc(Cl)cc2)n1C. The Labute approximate surface area is 126 Å². The normalized spacial score (nSPS) is 12.2. The van der Waals surface area contributed by atoms with Crippen molar-refractivity contribution < 1.29 is 10.0 Å². The number of nitrogens with one attached hydrogen (secondary N) is 1. The van der Waals surface area contributed by atoms with Crippen LogP contribution in [-0.2, 0) is 7.05 Å². The first-order chi connectivity index (χ1) is 9.90. The van der Waals surface area contributed by atoms with Crippen molar-refractivity contribution in [2.45, 2.75) is 13.0 Å². The summed E-state index contributed by atoms with van der Waals surface area (Å²) in [6.45, 7) is 1.80. The minimum absolute atomic E-state index is 0.126. The van der Waals surface area contributed by atoms with Crippen LogP contribution in [0.4, 0.5) is 11.6 Å². The van der Waals surface area contributed by atoms with Gasteiger partial charge in [-0.2, -0.15) is 0 Å². The molecule has 2 N–H and O–H groups in total. The van der Waals surface area contributed by atoms with E-state index in [2.05, 4.69) is 10.3 Å². The van der Waals surface area contributed by atoms with Crippen LogP contribution in [0, 0.1) is 17.0 Å². The molecular formula is C13H15ClN4O3. The minimum Gasteiger partial charge on any atom is -0.387 e. The highest BCUT2D eigenvalue weighted by Crippen LogP contribution is 2.25. The van der Waals surface area contributed by atoms with Gasteiger partial charge in [0.2, 0.25) is 11.6 Å². The highest BCUT2D eigenvalue weighted by molar-refractivity contribution is 6.30. The summed E-state index contributed by atoms with van der Waals surface area (Å²) < 4.78 is 1.58. The van der Waals surface area contributed by atoms with E-state index < -0.39 is 11.0 Å². The van der Waals surface area contributed by atoms with E-state index in [1.165, 1.54) is 0 Å².